The van der Waals surface area contributed by atoms with E-state index in [1.165, 1.54) is 74.9 Å². The number of halogens is 4. The minimum Gasteiger partial charge on any atom is -0.493 e. The Labute approximate surface area is 207 Å². The van der Waals surface area contributed by atoms with E-state index < -0.39 is 40.3 Å². The minimum absolute atomic E-state index is 0.0814. The van der Waals surface area contributed by atoms with Gasteiger partial charge in [0.2, 0.25) is 11.2 Å². The third-order valence-electron chi connectivity index (χ3n) is 5.29. The summed E-state index contributed by atoms with van der Waals surface area (Å²) in [6.07, 6.45) is -2.57. The van der Waals surface area contributed by atoms with Crippen LogP contribution in [-0.2, 0) is 11.0 Å². The summed E-state index contributed by atoms with van der Waals surface area (Å²) < 4.78 is 75.4. The molecule has 4 aromatic rings. The molecule has 0 atom stereocenters. The number of rotatable bonds is 6. The lowest BCUT2D eigenvalue weighted by molar-refractivity contribution is -0.152. The van der Waals surface area contributed by atoms with Gasteiger partial charge in [0.15, 0.2) is 11.5 Å². The number of hydrogen-bond acceptors (Lipinski definition) is 6. The Kier molecular flexibility index (Phi) is 7.01. The van der Waals surface area contributed by atoms with Crippen LogP contribution in [0.1, 0.15) is 11.3 Å². The van der Waals surface area contributed by atoms with Crippen molar-refractivity contribution in [1.82, 2.24) is 0 Å². The molecule has 4 rings (SSSR count). The fourth-order valence-electron chi connectivity index (χ4n) is 3.58. The fourth-order valence-corrected chi connectivity index (χ4v) is 3.58. The molecule has 10 heteroatoms. The molecule has 0 bridgehead atoms. The molecule has 0 N–H and O–H groups in total. The Morgan fingerprint density at radius 1 is 0.919 bits per heavy atom. The lowest BCUT2D eigenvalue weighted by atomic mass is 10.0. The monoisotopic (exact) mass is 514 g/mol. The van der Waals surface area contributed by atoms with E-state index in [0.29, 0.717) is 5.56 Å². The standard InChI is InChI=1S/C27H18F4O6/c1-34-20-11-6-16(13-22(20)35-2)24-25(33)19-10-9-18(14-21(19)37-26(24)27(29,30)31)36-23(32)12-5-15-3-7-17(28)8-4-15/h3-14H,1-2H3/b12-5+. The van der Waals surface area contributed by atoms with Crippen LogP contribution in [0.4, 0.5) is 17.6 Å². The van der Waals surface area contributed by atoms with Crippen LogP contribution in [0.2, 0.25) is 0 Å². The molecule has 0 aliphatic carbocycles. The van der Waals surface area contributed by atoms with Crippen molar-refractivity contribution < 1.29 is 41.0 Å². The molecule has 0 saturated heterocycles. The fraction of sp³-hybridized carbons (Fsp3) is 0.111. The largest absolute Gasteiger partial charge is 0.493 e. The minimum atomic E-state index is -5.01. The average molecular weight is 514 g/mol. The molecule has 1 heterocycles. The van der Waals surface area contributed by atoms with Gasteiger partial charge < -0.3 is 18.6 Å². The van der Waals surface area contributed by atoms with Gasteiger partial charge in [-0.25, -0.2) is 9.18 Å². The SMILES string of the molecule is COc1ccc(-c2c(C(F)(F)F)oc3cc(OC(=O)/C=C/c4ccc(F)cc4)ccc3c2=O)cc1OC. The number of alkyl halides is 3. The Morgan fingerprint density at radius 3 is 2.27 bits per heavy atom. The summed E-state index contributed by atoms with van der Waals surface area (Å²) in [5.74, 6) is -2.55. The predicted molar refractivity (Wildman–Crippen MR) is 127 cm³/mol. The van der Waals surface area contributed by atoms with Crippen molar-refractivity contribution in [1.29, 1.82) is 0 Å². The second-order valence-corrected chi connectivity index (χ2v) is 7.67. The van der Waals surface area contributed by atoms with Crippen molar-refractivity contribution in [2.45, 2.75) is 6.18 Å². The number of methoxy groups -OCH3 is 2. The first-order chi connectivity index (χ1) is 17.6. The van der Waals surface area contributed by atoms with E-state index in [0.717, 1.165) is 12.1 Å². The van der Waals surface area contributed by atoms with Crippen molar-refractivity contribution in [3.63, 3.8) is 0 Å². The topological polar surface area (TPSA) is 75.0 Å². The molecular weight excluding hydrogens is 496 g/mol. The third-order valence-corrected chi connectivity index (χ3v) is 5.29. The molecule has 6 nitrogen and oxygen atoms in total. The molecule has 37 heavy (non-hydrogen) atoms. The molecule has 0 radical (unpaired) electrons. The summed E-state index contributed by atoms with van der Waals surface area (Å²) in [7, 11) is 2.68. The zero-order valence-corrected chi connectivity index (χ0v) is 19.4. The Hall–Kier alpha value is -4.60. The number of hydrogen-bond donors (Lipinski definition) is 0. The van der Waals surface area contributed by atoms with Crippen LogP contribution in [0.15, 0.2) is 76.0 Å². The first-order valence-electron chi connectivity index (χ1n) is 10.7. The second kappa shape index (κ2) is 10.2. The predicted octanol–water partition coefficient (Wildman–Crippen LogP) is 6.25. The third kappa shape index (κ3) is 5.48. The number of carbonyl (C=O) groups is 1. The number of esters is 1. The van der Waals surface area contributed by atoms with E-state index in [4.69, 9.17) is 18.6 Å². The summed E-state index contributed by atoms with van der Waals surface area (Å²) in [5, 5.41) is -0.153. The van der Waals surface area contributed by atoms with Crippen LogP contribution >= 0.6 is 0 Å². The number of ether oxygens (including phenoxy) is 3. The summed E-state index contributed by atoms with van der Waals surface area (Å²) >= 11 is 0. The van der Waals surface area contributed by atoms with E-state index in [9.17, 15) is 27.2 Å². The van der Waals surface area contributed by atoms with Crippen molar-refractivity contribution >= 4 is 23.0 Å². The summed E-state index contributed by atoms with van der Waals surface area (Å²) in [6.45, 7) is 0. The van der Waals surface area contributed by atoms with Gasteiger partial charge in [-0.1, -0.05) is 18.2 Å². The second-order valence-electron chi connectivity index (χ2n) is 7.67. The highest BCUT2D eigenvalue weighted by Crippen LogP contribution is 2.40. The van der Waals surface area contributed by atoms with Crippen LogP contribution in [0, 0.1) is 5.82 Å². The van der Waals surface area contributed by atoms with Gasteiger partial charge in [0.25, 0.3) is 0 Å². The number of fused-ring (bicyclic) bond motifs is 1. The van der Waals surface area contributed by atoms with Crippen LogP contribution in [-0.4, -0.2) is 20.2 Å². The van der Waals surface area contributed by atoms with Gasteiger partial charge in [0.1, 0.15) is 17.1 Å². The zero-order valence-electron chi connectivity index (χ0n) is 19.4. The number of benzene rings is 3. The Balaban J connectivity index is 1.73. The van der Waals surface area contributed by atoms with Crippen LogP contribution in [0.25, 0.3) is 28.2 Å². The lowest BCUT2D eigenvalue weighted by Crippen LogP contribution is -2.16. The first kappa shape index (κ1) is 25.5. The van der Waals surface area contributed by atoms with Gasteiger partial charge in [-0.3, -0.25) is 4.79 Å². The lowest BCUT2D eigenvalue weighted by Gasteiger charge is -2.14. The van der Waals surface area contributed by atoms with Gasteiger partial charge in [-0.15, -0.1) is 0 Å². The van der Waals surface area contributed by atoms with Gasteiger partial charge in [-0.2, -0.15) is 13.2 Å². The number of carbonyl (C=O) groups excluding carboxylic acids is 1. The van der Waals surface area contributed by atoms with E-state index in [1.807, 2.05) is 0 Å². The Morgan fingerprint density at radius 2 is 1.62 bits per heavy atom. The summed E-state index contributed by atoms with van der Waals surface area (Å²) in [6, 6.07) is 12.7. The normalized spacial score (nSPS) is 11.6. The molecule has 0 fully saturated rings. The molecule has 1 aromatic heterocycles. The maximum atomic E-state index is 14.0. The van der Waals surface area contributed by atoms with Gasteiger partial charge >= 0.3 is 12.1 Å². The average Bonchev–Trinajstić information content (AvgIpc) is 2.87. The molecule has 0 amide bonds. The zero-order chi connectivity index (χ0) is 26.7. The van der Waals surface area contributed by atoms with E-state index in [2.05, 4.69) is 0 Å². The molecule has 0 spiro atoms. The van der Waals surface area contributed by atoms with Crippen LogP contribution < -0.4 is 19.6 Å². The maximum Gasteiger partial charge on any atom is 0.450 e. The van der Waals surface area contributed by atoms with Crippen molar-refractivity contribution in [3.05, 3.63) is 94.1 Å². The highest BCUT2D eigenvalue weighted by molar-refractivity contribution is 5.90. The van der Waals surface area contributed by atoms with Crippen LogP contribution in [0.5, 0.6) is 17.2 Å². The smallest absolute Gasteiger partial charge is 0.450 e. The van der Waals surface area contributed by atoms with E-state index in [-0.39, 0.29) is 28.2 Å². The van der Waals surface area contributed by atoms with Crippen molar-refractivity contribution in [2.75, 3.05) is 14.2 Å². The van der Waals surface area contributed by atoms with Crippen molar-refractivity contribution in [2.24, 2.45) is 0 Å². The van der Waals surface area contributed by atoms with E-state index in [1.54, 1.807) is 0 Å². The summed E-state index contributed by atoms with van der Waals surface area (Å²) in [4.78, 5) is 25.3. The van der Waals surface area contributed by atoms with Crippen LogP contribution in [0.3, 0.4) is 0 Å². The maximum absolute atomic E-state index is 14.0. The van der Waals surface area contributed by atoms with E-state index >= 15 is 0 Å². The first-order valence-corrected chi connectivity index (χ1v) is 10.7. The molecule has 0 saturated carbocycles. The molecule has 0 unspecified atom stereocenters. The highest BCUT2D eigenvalue weighted by atomic mass is 19.4. The molecule has 190 valence electrons. The van der Waals surface area contributed by atoms with Gasteiger partial charge in [0, 0.05) is 12.1 Å². The van der Waals surface area contributed by atoms with Crippen molar-refractivity contribution in [3.8, 4) is 28.4 Å². The molecular formula is C27H18F4O6. The quantitative estimate of drug-likeness (QED) is 0.131. The molecule has 0 aliphatic rings. The summed E-state index contributed by atoms with van der Waals surface area (Å²) in [5.41, 5.74) is -1.61. The van der Waals surface area contributed by atoms with Gasteiger partial charge in [0.05, 0.1) is 25.2 Å². The molecule has 0 aliphatic heterocycles. The van der Waals surface area contributed by atoms with Gasteiger partial charge in [-0.05, 0) is 53.6 Å². The molecule has 3 aromatic carbocycles. The highest BCUT2D eigenvalue weighted by Gasteiger charge is 2.39. The Bertz CT molecular complexity index is 1550.